The number of hydrazine groups is 1. The number of carbonyl (C=O) groups is 1. The van der Waals surface area contributed by atoms with E-state index < -0.39 is 32.7 Å². The van der Waals surface area contributed by atoms with E-state index in [-0.39, 0.29) is 11.5 Å². The predicted molar refractivity (Wildman–Crippen MR) is 122 cm³/mol. The maximum absolute atomic E-state index is 13.9. The molecule has 2 rings (SSSR count). The number of carbonyl (C=O) groups excluding carboxylic acids is 1. The molecular formula is C19H23FN4O3S3. The van der Waals surface area contributed by atoms with Crippen molar-refractivity contribution in [3.63, 3.8) is 0 Å². The molecule has 4 N–H and O–H groups in total. The topological polar surface area (TPSA) is 99.3 Å². The van der Waals surface area contributed by atoms with Gasteiger partial charge in [0.15, 0.2) is 5.11 Å². The van der Waals surface area contributed by atoms with E-state index in [0.717, 1.165) is 23.4 Å². The summed E-state index contributed by atoms with van der Waals surface area (Å²) < 4.78 is 41.3. The van der Waals surface area contributed by atoms with Crippen LogP contribution in [0.3, 0.4) is 0 Å². The third-order valence-corrected chi connectivity index (χ3v) is 6.28. The van der Waals surface area contributed by atoms with Crippen LogP contribution in [0.4, 0.5) is 10.1 Å². The number of hydrogen-bond donors (Lipinski definition) is 4. The number of amides is 1. The van der Waals surface area contributed by atoms with Crippen LogP contribution >= 0.6 is 24.0 Å². The van der Waals surface area contributed by atoms with Crippen LogP contribution in [0.1, 0.15) is 12.0 Å². The highest BCUT2D eigenvalue weighted by molar-refractivity contribution is 7.98. The summed E-state index contributed by atoms with van der Waals surface area (Å²) in [6.07, 6.45) is 2.04. The first-order chi connectivity index (χ1) is 14.2. The Bertz CT molecular complexity index is 1000. The molecule has 0 aliphatic carbocycles. The molecule has 2 aromatic carbocycles. The van der Waals surface area contributed by atoms with Crippen molar-refractivity contribution >= 4 is 50.7 Å². The molecule has 0 bridgehead atoms. The number of benzene rings is 2. The minimum atomic E-state index is -4.23. The molecule has 0 unspecified atom stereocenters. The molecule has 11 heteroatoms. The summed E-state index contributed by atoms with van der Waals surface area (Å²) in [5.74, 6) is -1.02. The van der Waals surface area contributed by atoms with Crippen LogP contribution in [0.25, 0.3) is 0 Å². The molecule has 0 aliphatic rings. The minimum Gasteiger partial charge on any atom is -0.331 e. The van der Waals surface area contributed by atoms with Crippen molar-refractivity contribution in [3.05, 3.63) is 59.9 Å². The molecule has 0 saturated heterocycles. The van der Waals surface area contributed by atoms with Gasteiger partial charge in [0, 0.05) is 5.69 Å². The van der Waals surface area contributed by atoms with Crippen LogP contribution in [-0.4, -0.2) is 37.5 Å². The molecule has 0 radical (unpaired) electrons. The zero-order valence-corrected chi connectivity index (χ0v) is 18.9. The highest BCUT2D eigenvalue weighted by atomic mass is 32.2. The predicted octanol–water partition coefficient (Wildman–Crippen LogP) is 2.55. The van der Waals surface area contributed by atoms with Gasteiger partial charge in [0.2, 0.25) is 10.0 Å². The lowest BCUT2D eigenvalue weighted by Crippen LogP contribution is -2.53. The van der Waals surface area contributed by atoms with Gasteiger partial charge < -0.3 is 5.32 Å². The van der Waals surface area contributed by atoms with E-state index in [1.807, 2.05) is 37.4 Å². The lowest BCUT2D eigenvalue weighted by molar-refractivity contribution is -0.123. The lowest BCUT2D eigenvalue weighted by atomic mass is 10.2. The van der Waals surface area contributed by atoms with E-state index in [1.54, 1.807) is 0 Å². The first-order valence-corrected chi connectivity index (χ1v) is 12.2. The Labute approximate surface area is 185 Å². The summed E-state index contributed by atoms with van der Waals surface area (Å²) >= 11 is 6.60. The summed E-state index contributed by atoms with van der Waals surface area (Å²) in [4.78, 5) is 12.0. The monoisotopic (exact) mass is 470 g/mol. The fourth-order valence-electron chi connectivity index (χ4n) is 2.48. The largest absolute Gasteiger partial charge is 0.331 e. The van der Waals surface area contributed by atoms with Gasteiger partial charge in [-0.2, -0.15) is 16.5 Å². The highest BCUT2D eigenvalue weighted by Crippen LogP contribution is 2.15. The van der Waals surface area contributed by atoms with Crippen LogP contribution in [0.5, 0.6) is 0 Å². The summed E-state index contributed by atoms with van der Waals surface area (Å²) in [6, 6.07) is 11.3. The SMILES string of the molecule is CSCC[C@@H](NS(=O)(=O)c1ccccc1F)C(=O)NNC(=S)Nc1cccc(C)c1. The van der Waals surface area contributed by atoms with Gasteiger partial charge in [0.25, 0.3) is 5.91 Å². The van der Waals surface area contributed by atoms with Gasteiger partial charge >= 0.3 is 0 Å². The van der Waals surface area contributed by atoms with Gasteiger partial charge in [-0.25, -0.2) is 12.8 Å². The summed E-state index contributed by atoms with van der Waals surface area (Å²) in [7, 11) is -4.23. The van der Waals surface area contributed by atoms with Gasteiger partial charge in [0.05, 0.1) is 0 Å². The first-order valence-electron chi connectivity index (χ1n) is 8.92. The molecule has 2 aromatic rings. The second-order valence-electron chi connectivity index (χ2n) is 6.32. The molecule has 0 aromatic heterocycles. The Hall–Kier alpha value is -2.21. The van der Waals surface area contributed by atoms with Crippen LogP contribution in [0.15, 0.2) is 53.4 Å². The van der Waals surface area contributed by atoms with Gasteiger partial charge in [-0.3, -0.25) is 15.6 Å². The fraction of sp³-hybridized carbons (Fsp3) is 0.263. The number of hydrogen-bond acceptors (Lipinski definition) is 5. The number of thioether (sulfide) groups is 1. The first kappa shape index (κ1) is 24.1. The average Bonchev–Trinajstić information content (AvgIpc) is 2.69. The quantitative estimate of drug-likeness (QED) is 0.348. The van der Waals surface area contributed by atoms with Crippen molar-refractivity contribution in [2.75, 3.05) is 17.3 Å². The van der Waals surface area contributed by atoms with Gasteiger partial charge in [0.1, 0.15) is 16.8 Å². The van der Waals surface area contributed by atoms with Crippen molar-refractivity contribution in [2.24, 2.45) is 0 Å². The minimum absolute atomic E-state index is 0.134. The molecule has 30 heavy (non-hydrogen) atoms. The number of sulfonamides is 1. The van der Waals surface area contributed by atoms with E-state index >= 15 is 0 Å². The number of thiocarbonyl (C=S) groups is 1. The summed E-state index contributed by atoms with van der Waals surface area (Å²) in [5.41, 5.74) is 6.71. The van der Waals surface area contributed by atoms with Crippen LogP contribution in [0, 0.1) is 12.7 Å². The Morgan fingerprint density at radius 3 is 2.57 bits per heavy atom. The zero-order chi connectivity index (χ0) is 22.1. The van der Waals surface area contributed by atoms with E-state index in [9.17, 15) is 17.6 Å². The number of halogens is 1. The molecule has 1 amide bonds. The van der Waals surface area contributed by atoms with Gasteiger partial charge in [-0.15, -0.1) is 0 Å². The summed E-state index contributed by atoms with van der Waals surface area (Å²) in [6.45, 7) is 1.93. The highest BCUT2D eigenvalue weighted by Gasteiger charge is 2.27. The van der Waals surface area contributed by atoms with E-state index in [4.69, 9.17) is 12.2 Å². The number of nitrogens with one attached hydrogen (secondary N) is 4. The normalized spacial score (nSPS) is 12.1. The zero-order valence-electron chi connectivity index (χ0n) is 16.4. The maximum Gasteiger partial charge on any atom is 0.256 e. The second kappa shape index (κ2) is 11.3. The molecular weight excluding hydrogens is 447 g/mol. The van der Waals surface area contributed by atoms with Crippen molar-refractivity contribution in [2.45, 2.75) is 24.3 Å². The van der Waals surface area contributed by atoms with Crippen molar-refractivity contribution in [1.82, 2.24) is 15.6 Å². The van der Waals surface area contributed by atoms with Crippen molar-refractivity contribution in [1.29, 1.82) is 0 Å². The number of rotatable bonds is 8. The second-order valence-corrected chi connectivity index (χ2v) is 9.40. The van der Waals surface area contributed by atoms with Gasteiger partial charge in [-0.05, 0) is 67.4 Å². The third kappa shape index (κ3) is 7.24. The Balaban J connectivity index is 2.02. The van der Waals surface area contributed by atoms with Crippen LogP contribution in [-0.2, 0) is 14.8 Å². The molecule has 0 aliphatic heterocycles. The smallest absolute Gasteiger partial charge is 0.256 e. The standard InChI is InChI=1S/C19H23FN4O3S3/c1-13-6-5-7-14(12-13)21-19(28)23-22-18(25)16(10-11-29-2)24-30(26,27)17-9-4-3-8-15(17)20/h3-9,12,16,24H,10-11H2,1-2H3,(H,22,25)(H2,21,23,28)/t16-/m1/s1. The van der Waals surface area contributed by atoms with Crippen LogP contribution < -0.4 is 20.9 Å². The molecule has 0 fully saturated rings. The molecule has 0 heterocycles. The van der Waals surface area contributed by atoms with E-state index in [2.05, 4.69) is 20.9 Å². The Morgan fingerprint density at radius 1 is 1.17 bits per heavy atom. The van der Waals surface area contributed by atoms with E-state index in [1.165, 1.54) is 23.9 Å². The average molecular weight is 471 g/mol. The molecule has 162 valence electrons. The summed E-state index contributed by atoms with van der Waals surface area (Å²) in [5, 5.41) is 3.05. The maximum atomic E-state index is 13.9. The lowest BCUT2D eigenvalue weighted by Gasteiger charge is -2.19. The molecule has 0 saturated carbocycles. The Morgan fingerprint density at radius 2 is 1.90 bits per heavy atom. The number of anilines is 1. The fourth-order valence-corrected chi connectivity index (χ4v) is 4.43. The number of aryl methyl sites for hydroxylation is 1. The molecule has 1 atom stereocenters. The van der Waals surface area contributed by atoms with Gasteiger partial charge in [-0.1, -0.05) is 24.3 Å². The molecule has 0 spiro atoms. The van der Waals surface area contributed by atoms with Crippen LogP contribution in [0.2, 0.25) is 0 Å². The van der Waals surface area contributed by atoms with Crippen molar-refractivity contribution in [3.8, 4) is 0 Å². The third-order valence-electron chi connectivity index (χ3n) is 3.93. The Kier molecular flexibility index (Phi) is 9.03. The van der Waals surface area contributed by atoms with Crippen molar-refractivity contribution < 1.29 is 17.6 Å². The van der Waals surface area contributed by atoms with E-state index in [0.29, 0.717) is 5.75 Å². The molecule has 7 nitrogen and oxygen atoms in total.